The van der Waals surface area contributed by atoms with E-state index in [0.717, 1.165) is 5.56 Å². The Balaban J connectivity index is 1.50. The van der Waals surface area contributed by atoms with Crippen LogP contribution in [0.1, 0.15) is 6.42 Å². The molecule has 0 aromatic heterocycles. The third-order valence-electron chi connectivity index (χ3n) is 3.79. The molecule has 0 aliphatic heterocycles. The Morgan fingerprint density at radius 1 is 0.962 bits per heavy atom. The van der Waals surface area contributed by atoms with Gasteiger partial charge < -0.3 is 15.2 Å². The Kier molecular flexibility index (Phi) is 5.49. The van der Waals surface area contributed by atoms with E-state index in [-0.39, 0.29) is 30.5 Å². The number of hydrogen-bond acceptors (Lipinski definition) is 3. The van der Waals surface area contributed by atoms with Crippen molar-refractivity contribution in [3.05, 3.63) is 78.6 Å². The Morgan fingerprint density at radius 3 is 2.35 bits per heavy atom. The number of aromatic hydroxyl groups is 1. The summed E-state index contributed by atoms with van der Waals surface area (Å²) in [6.45, 7) is 0.225. The molecule has 1 amide bonds. The van der Waals surface area contributed by atoms with Crippen LogP contribution in [0.15, 0.2) is 72.8 Å². The smallest absolute Gasteiger partial charge is 0.227 e. The van der Waals surface area contributed by atoms with Gasteiger partial charge in [-0.1, -0.05) is 30.3 Å². The highest BCUT2D eigenvalue weighted by molar-refractivity contribution is 5.90. The van der Waals surface area contributed by atoms with E-state index in [0.29, 0.717) is 17.0 Å². The van der Waals surface area contributed by atoms with Gasteiger partial charge in [-0.3, -0.25) is 4.79 Å². The van der Waals surface area contributed by atoms with Crippen molar-refractivity contribution in [3.63, 3.8) is 0 Å². The summed E-state index contributed by atoms with van der Waals surface area (Å²) in [6, 6.07) is 19.9. The van der Waals surface area contributed by atoms with Crippen molar-refractivity contribution in [1.29, 1.82) is 0 Å². The SMILES string of the molecule is O=C(CCOc1ccc(-c2ccccc2F)cc1)Nc1ccc(O)cc1. The quantitative estimate of drug-likeness (QED) is 0.638. The van der Waals surface area contributed by atoms with Crippen LogP contribution >= 0.6 is 0 Å². The molecule has 0 spiro atoms. The maximum absolute atomic E-state index is 13.8. The predicted molar refractivity (Wildman–Crippen MR) is 98.7 cm³/mol. The van der Waals surface area contributed by atoms with Gasteiger partial charge in [-0.15, -0.1) is 0 Å². The lowest BCUT2D eigenvalue weighted by Crippen LogP contribution is -2.15. The Bertz CT molecular complexity index is 877. The summed E-state index contributed by atoms with van der Waals surface area (Å²) in [5.41, 5.74) is 1.91. The Hall–Kier alpha value is -3.34. The number of nitrogens with one attached hydrogen (secondary N) is 1. The van der Waals surface area contributed by atoms with Crippen LogP contribution in [0.2, 0.25) is 0 Å². The topological polar surface area (TPSA) is 58.6 Å². The number of carbonyl (C=O) groups excluding carboxylic acids is 1. The second-order valence-corrected chi connectivity index (χ2v) is 5.70. The van der Waals surface area contributed by atoms with E-state index in [4.69, 9.17) is 4.74 Å². The molecule has 0 fully saturated rings. The van der Waals surface area contributed by atoms with Crippen molar-refractivity contribution in [2.45, 2.75) is 6.42 Å². The first-order valence-electron chi connectivity index (χ1n) is 8.18. The molecule has 0 atom stereocenters. The first kappa shape index (κ1) is 17.5. The minimum atomic E-state index is -0.271. The number of ether oxygens (including phenoxy) is 1. The Labute approximate surface area is 150 Å². The molecule has 3 rings (SSSR count). The summed E-state index contributed by atoms with van der Waals surface area (Å²) in [4.78, 5) is 11.9. The van der Waals surface area contributed by atoms with E-state index in [1.54, 1.807) is 54.6 Å². The molecule has 132 valence electrons. The monoisotopic (exact) mass is 351 g/mol. The van der Waals surface area contributed by atoms with Crippen molar-refractivity contribution >= 4 is 11.6 Å². The van der Waals surface area contributed by atoms with Crippen molar-refractivity contribution < 1.29 is 19.0 Å². The second kappa shape index (κ2) is 8.16. The maximum atomic E-state index is 13.8. The molecule has 0 aliphatic carbocycles. The second-order valence-electron chi connectivity index (χ2n) is 5.70. The number of rotatable bonds is 6. The molecule has 2 N–H and O–H groups in total. The van der Waals surface area contributed by atoms with Gasteiger partial charge in [0.15, 0.2) is 0 Å². The lowest BCUT2D eigenvalue weighted by atomic mass is 10.1. The molecule has 0 unspecified atom stereocenters. The van der Waals surface area contributed by atoms with Crippen LogP contribution in [0.3, 0.4) is 0 Å². The van der Waals surface area contributed by atoms with E-state index in [1.165, 1.54) is 18.2 Å². The fourth-order valence-electron chi connectivity index (χ4n) is 2.46. The molecule has 0 radical (unpaired) electrons. The third kappa shape index (κ3) is 4.60. The van der Waals surface area contributed by atoms with Crippen LogP contribution in [0.4, 0.5) is 10.1 Å². The van der Waals surface area contributed by atoms with Gasteiger partial charge in [-0.05, 0) is 48.0 Å². The number of phenols is 1. The number of halogens is 1. The minimum absolute atomic E-state index is 0.144. The predicted octanol–water partition coefficient (Wildman–Crippen LogP) is 4.61. The van der Waals surface area contributed by atoms with Gasteiger partial charge in [-0.25, -0.2) is 4.39 Å². The molecule has 4 nitrogen and oxygen atoms in total. The number of benzene rings is 3. The molecule has 0 saturated heterocycles. The third-order valence-corrected chi connectivity index (χ3v) is 3.79. The molecular formula is C21H18FNO3. The Morgan fingerprint density at radius 2 is 1.65 bits per heavy atom. The van der Waals surface area contributed by atoms with E-state index < -0.39 is 0 Å². The summed E-state index contributed by atoms with van der Waals surface area (Å²) < 4.78 is 19.3. The van der Waals surface area contributed by atoms with Gasteiger partial charge in [0.25, 0.3) is 0 Å². The van der Waals surface area contributed by atoms with Gasteiger partial charge in [0.05, 0.1) is 13.0 Å². The zero-order valence-electron chi connectivity index (χ0n) is 14.0. The van der Waals surface area contributed by atoms with Gasteiger partial charge in [-0.2, -0.15) is 0 Å². The summed E-state index contributed by atoms with van der Waals surface area (Å²) in [6.07, 6.45) is 0.190. The largest absolute Gasteiger partial charge is 0.508 e. The number of anilines is 1. The molecule has 0 bridgehead atoms. The number of carbonyl (C=O) groups is 1. The summed E-state index contributed by atoms with van der Waals surface area (Å²) in [7, 11) is 0. The number of phenolic OH excluding ortho intramolecular Hbond substituents is 1. The molecule has 0 heterocycles. The molecule has 3 aromatic rings. The van der Waals surface area contributed by atoms with Crippen LogP contribution in [0.5, 0.6) is 11.5 Å². The first-order chi connectivity index (χ1) is 12.6. The van der Waals surface area contributed by atoms with Crippen molar-refractivity contribution in [2.24, 2.45) is 0 Å². The first-order valence-corrected chi connectivity index (χ1v) is 8.18. The summed E-state index contributed by atoms with van der Waals surface area (Å²) in [5, 5.41) is 11.9. The highest BCUT2D eigenvalue weighted by Crippen LogP contribution is 2.24. The molecule has 0 saturated carbocycles. The number of hydrogen-bond donors (Lipinski definition) is 2. The standard InChI is InChI=1S/C21H18FNO3/c22-20-4-2-1-3-19(20)15-5-11-18(12-6-15)26-14-13-21(25)23-16-7-9-17(24)10-8-16/h1-12,24H,13-14H2,(H,23,25). The summed E-state index contributed by atoms with van der Waals surface area (Å²) >= 11 is 0. The van der Waals surface area contributed by atoms with Crippen molar-refractivity contribution in [1.82, 2.24) is 0 Å². The zero-order chi connectivity index (χ0) is 18.4. The average molecular weight is 351 g/mol. The maximum Gasteiger partial charge on any atom is 0.227 e. The lowest BCUT2D eigenvalue weighted by Gasteiger charge is -2.09. The van der Waals surface area contributed by atoms with E-state index in [1.807, 2.05) is 0 Å². The van der Waals surface area contributed by atoms with E-state index in [2.05, 4.69) is 5.32 Å². The molecular weight excluding hydrogens is 333 g/mol. The fourth-order valence-corrected chi connectivity index (χ4v) is 2.46. The summed E-state index contributed by atoms with van der Waals surface area (Å²) in [5.74, 6) is 0.304. The average Bonchev–Trinajstić information content (AvgIpc) is 2.65. The van der Waals surface area contributed by atoms with Crippen LogP contribution in [0, 0.1) is 5.82 Å². The van der Waals surface area contributed by atoms with Gasteiger partial charge in [0.2, 0.25) is 5.91 Å². The minimum Gasteiger partial charge on any atom is -0.508 e. The van der Waals surface area contributed by atoms with Crippen molar-refractivity contribution in [3.8, 4) is 22.6 Å². The van der Waals surface area contributed by atoms with Gasteiger partial charge in [0, 0.05) is 11.3 Å². The lowest BCUT2D eigenvalue weighted by molar-refractivity contribution is -0.116. The van der Waals surface area contributed by atoms with Crippen LogP contribution in [-0.2, 0) is 4.79 Å². The number of amides is 1. The van der Waals surface area contributed by atoms with E-state index in [9.17, 15) is 14.3 Å². The normalized spacial score (nSPS) is 10.3. The zero-order valence-corrected chi connectivity index (χ0v) is 14.0. The highest BCUT2D eigenvalue weighted by Gasteiger charge is 2.06. The van der Waals surface area contributed by atoms with Crippen LogP contribution < -0.4 is 10.1 Å². The van der Waals surface area contributed by atoms with Crippen LogP contribution in [0.25, 0.3) is 11.1 Å². The molecule has 3 aromatic carbocycles. The van der Waals surface area contributed by atoms with Gasteiger partial charge >= 0.3 is 0 Å². The van der Waals surface area contributed by atoms with E-state index >= 15 is 0 Å². The van der Waals surface area contributed by atoms with Crippen LogP contribution in [-0.4, -0.2) is 17.6 Å². The van der Waals surface area contributed by atoms with Crippen molar-refractivity contribution in [2.75, 3.05) is 11.9 Å². The highest BCUT2D eigenvalue weighted by atomic mass is 19.1. The fraction of sp³-hybridized carbons (Fsp3) is 0.0952. The molecule has 26 heavy (non-hydrogen) atoms. The van der Waals surface area contributed by atoms with Gasteiger partial charge in [0.1, 0.15) is 17.3 Å². The molecule has 5 heteroatoms. The molecule has 0 aliphatic rings.